The Hall–Kier alpha value is -2.41. The molecule has 7 heteroatoms. The number of rotatable bonds is 5. The maximum atomic E-state index is 13.5. The molecule has 0 radical (unpaired) electrons. The minimum Gasteiger partial charge on any atom is -0.343 e. The number of hydrogen-bond donors (Lipinski definition) is 2. The fraction of sp³-hybridized carbons (Fsp3) is 0.304. The van der Waals surface area contributed by atoms with Crippen molar-refractivity contribution in [2.45, 2.75) is 38.4 Å². The number of carbonyl (C=O) groups excluding carboxylic acids is 2. The molecule has 158 valence electrons. The summed E-state index contributed by atoms with van der Waals surface area (Å²) < 4.78 is 1.20. The van der Waals surface area contributed by atoms with E-state index in [0.717, 1.165) is 23.2 Å². The lowest BCUT2D eigenvalue weighted by Gasteiger charge is -2.27. The lowest BCUT2D eigenvalue weighted by atomic mass is 10.1. The Labute approximate surface area is 186 Å². The average Bonchev–Trinajstić information content (AvgIpc) is 3.19. The molecule has 0 bridgehead atoms. The van der Waals surface area contributed by atoms with Crippen LogP contribution in [0.3, 0.4) is 0 Å². The first-order valence-electron chi connectivity index (χ1n) is 9.90. The van der Waals surface area contributed by atoms with Crippen molar-refractivity contribution in [1.82, 2.24) is 10.6 Å². The van der Waals surface area contributed by atoms with Crippen LogP contribution in [-0.4, -0.2) is 30.9 Å². The van der Waals surface area contributed by atoms with Gasteiger partial charge < -0.3 is 15.5 Å². The van der Waals surface area contributed by atoms with Gasteiger partial charge in [0.2, 0.25) is 11.8 Å². The van der Waals surface area contributed by atoms with Gasteiger partial charge in [0.15, 0.2) is 0 Å². The summed E-state index contributed by atoms with van der Waals surface area (Å²) in [7, 11) is 1.74. The van der Waals surface area contributed by atoms with Gasteiger partial charge in [-0.1, -0.05) is 36.4 Å². The minimum atomic E-state index is -0.534. The van der Waals surface area contributed by atoms with Crippen molar-refractivity contribution in [1.29, 1.82) is 0 Å². The van der Waals surface area contributed by atoms with Gasteiger partial charge in [0, 0.05) is 10.4 Å². The highest BCUT2D eigenvalue weighted by Gasteiger charge is 2.32. The first-order chi connectivity index (χ1) is 14.1. The lowest BCUT2D eigenvalue weighted by Crippen LogP contribution is -2.52. The van der Waals surface area contributed by atoms with Crippen molar-refractivity contribution < 1.29 is 9.59 Å². The van der Waals surface area contributed by atoms with Crippen molar-refractivity contribution in [3.8, 4) is 0 Å². The van der Waals surface area contributed by atoms with E-state index < -0.39 is 6.04 Å². The molecular formula is C23H26ClN3O2S. The van der Waals surface area contributed by atoms with Gasteiger partial charge in [-0.15, -0.1) is 23.7 Å². The number of benzene rings is 2. The van der Waals surface area contributed by atoms with E-state index in [1.54, 1.807) is 25.3 Å². The topological polar surface area (TPSA) is 61.4 Å². The molecule has 5 nitrogen and oxygen atoms in total. The number of aryl methyl sites for hydroxylation is 1. The summed E-state index contributed by atoms with van der Waals surface area (Å²) in [5, 5.41) is 9.15. The average molecular weight is 444 g/mol. The fourth-order valence-electron chi connectivity index (χ4n) is 3.79. The van der Waals surface area contributed by atoms with Gasteiger partial charge >= 0.3 is 0 Å². The van der Waals surface area contributed by atoms with Crippen LogP contribution in [0.1, 0.15) is 24.5 Å². The second kappa shape index (κ2) is 9.60. The quantitative estimate of drug-likeness (QED) is 0.628. The predicted octanol–water partition coefficient (Wildman–Crippen LogP) is 3.90. The summed E-state index contributed by atoms with van der Waals surface area (Å²) >= 11 is 1.69. The van der Waals surface area contributed by atoms with Crippen LogP contribution in [0.5, 0.6) is 0 Å². The van der Waals surface area contributed by atoms with E-state index >= 15 is 0 Å². The maximum Gasteiger partial charge on any atom is 0.249 e. The number of fused-ring (bicyclic) bond motifs is 2. The highest BCUT2D eigenvalue weighted by atomic mass is 35.5. The van der Waals surface area contributed by atoms with Crippen molar-refractivity contribution in [2.24, 2.45) is 0 Å². The molecule has 2 aromatic carbocycles. The van der Waals surface area contributed by atoms with Crippen LogP contribution in [0.2, 0.25) is 0 Å². The van der Waals surface area contributed by atoms with Crippen molar-refractivity contribution in [3.63, 3.8) is 0 Å². The van der Waals surface area contributed by atoms with Gasteiger partial charge in [-0.25, -0.2) is 0 Å². The van der Waals surface area contributed by atoms with Gasteiger partial charge in [-0.3, -0.25) is 9.59 Å². The second-order valence-corrected chi connectivity index (χ2v) is 8.34. The van der Waals surface area contributed by atoms with Gasteiger partial charge in [-0.2, -0.15) is 0 Å². The summed E-state index contributed by atoms with van der Waals surface area (Å²) in [6, 6.07) is 15.5. The SMILES string of the molecule is CNC(C)C(=O)NC1CCc2ccccc2N(Cc2cccc3ccsc23)C1=O.Cl. The van der Waals surface area contributed by atoms with Crippen molar-refractivity contribution >= 4 is 51.3 Å². The van der Waals surface area contributed by atoms with Crippen LogP contribution in [0.4, 0.5) is 5.69 Å². The number of likely N-dealkylation sites (N-methyl/N-ethyl adjacent to an activating group) is 1. The molecule has 0 saturated carbocycles. The summed E-state index contributed by atoms with van der Waals surface area (Å²) in [6.45, 7) is 2.28. The van der Waals surface area contributed by atoms with Crippen molar-refractivity contribution in [3.05, 3.63) is 65.0 Å². The predicted molar refractivity (Wildman–Crippen MR) is 125 cm³/mol. The van der Waals surface area contributed by atoms with E-state index in [4.69, 9.17) is 0 Å². The van der Waals surface area contributed by atoms with Crippen LogP contribution < -0.4 is 15.5 Å². The molecule has 0 saturated heterocycles. The molecular weight excluding hydrogens is 418 g/mol. The molecule has 2 amide bonds. The summed E-state index contributed by atoms with van der Waals surface area (Å²) in [5.41, 5.74) is 3.19. The largest absolute Gasteiger partial charge is 0.343 e. The Balaban J connectivity index is 0.00000256. The number of para-hydroxylation sites is 1. The number of anilines is 1. The molecule has 0 spiro atoms. The highest BCUT2D eigenvalue weighted by molar-refractivity contribution is 7.17. The second-order valence-electron chi connectivity index (χ2n) is 7.42. The molecule has 30 heavy (non-hydrogen) atoms. The number of thiophene rings is 1. The van der Waals surface area contributed by atoms with Gasteiger partial charge in [0.05, 0.1) is 12.6 Å². The third-order valence-corrected chi connectivity index (χ3v) is 6.59. The molecule has 2 atom stereocenters. The Bertz CT molecular complexity index is 1050. The van der Waals surface area contributed by atoms with E-state index in [0.29, 0.717) is 13.0 Å². The molecule has 3 aromatic rings. The van der Waals surface area contributed by atoms with E-state index in [2.05, 4.69) is 40.3 Å². The monoisotopic (exact) mass is 443 g/mol. The molecule has 0 aliphatic carbocycles. The first-order valence-corrected chi connectivity index (χ1v) is 10.8. The van der Waals surface area contributed by atoms with Crippen molar-refractivity contribution in [2.75, 3.05) is 11.9 Å². The Morgan fingerprint density at radius 1 is 1.20 bits per heavy atom. The number of nitrogens with zero attached hydrogens (tertiary/aromatic N) is 1. The van der Waals surface area contributed by atoms with Crippen LogP contribution in [0, 0.1) is 0 Å². The fourth-order valence-corrected chi connectivity index (χ4v) is 4.70. The first kappa shape index (κ1) is 22.3. The number of amides is 2. The third kappa shape index (κ3) is 4.36. The Kier molecular flexibility index (Phi) is 7.13. The standard InChI is InChI=1S/C23H25N3O2S.ClH/c1-15(24-2)22(27)25-19-11-10-16-6-3-4-9-20(16)26(23(19)28)14-18-8-5-7-17-12-13-29-21(17)18;/h3-9,12-13,15,19,24H,10-11,14H2,1-2H3,(H,25,27);1H. The molecule has 1 aliphatic rings. The van der Waals surface area contributed by atoms with E-state index in [9.17, 15) is 9.59 Å². The van der Waals surface area contributed by atoms with E-state index in [1.165, 1.54) is 10.1 Å². The maximum absolute atomic E-state index is 13.5. The molecule has 2 unspecified atom stereocenters. The van der Waals surface area contributed by atoms with E-state index in [1.807, 2.05) is 29.2 Å². The van der Waals surface area contributed by atoms with Crippen LogP contribution in [0.15, 0.2) is 53.9 Å². The summed E-state index contributed by atoms with van der Waals surface area (Å²) in [5.74, 6) is -0.211. The normalized spacial score (nSPS) is 17.1. The number of carbonyl (C=O) groups is 2. The molecule has 2 N–H and O–H groups in total. The Morgan fingerprint density at radius 3 is 2.80 bits per heavy atom. The zero-order chi connectivity index (χ0) is 20.4. The van der Waals surface area contributed by atoms with Gasteiger partial charge in [-0.05, 0) is 60.8 Å². The zero-order valence-corrected chi connectivity index (χ0v) is 18.7. The molecule has 1 aromatic heterocycles. The Morgan fingerprint density at radius 2 is 2.00 bits per heavy atom. The number of halogens is 1. The lowest BCUT2D eigenvalue weighted by molar-refractivity contribution is -0.128. The van der Waals surface area contributed by atoms with Gasteiger partial charge in [0.1, 0.15) is 6.04 Å². The molecule has 2 heterocycles. The molecule has 1 aliphatic heterocycles. The van der Waals surface area contributed by atoms with Gasteiger partial charge in [0.25, 0.3) is 0 Å². The summed E-state index contributed by atoms with van der Waals surface area (Å²) in [6.07, 6.45) is 1.35. The highest BCUT2D eigenvalue weighted by Crippen LogP contribution is 2.31. The molecule has 4 rings (SSSR count). The smallest absolute Gasteiger partial charge is 0.249 e. The zero-order valence-electron chi connectivity index (χ0n) is 17.1. The van der Waals surface area contributed by atoms with Crippen LogP contribution in [-0.2, 0) is 22.6 Å². The van der Waals surface area contributed by atoms with Crippen LogP contribution >= 0.6 is 23.7 Å². The molecule has 0 fully saturated rings. The number of nitrogens with one attached hydrogen (secondary N) is 2. The minimum absolute atomic E-state index is 0. The van der Waals surface area contributed by atoms with Crippen LogP contribution in [0.25, 0.3) is 10.1 Å². The van der Waals surface area contributed by atoms with E-state index in [-0.39, 0.29) is 30.3 Å². The number of hydrogen-bond acceptors (Lipinski definition) is 4. The third-order valence-electron chi connectivity index (χ3n) is 5.58. The summed E-state index contributed by atoms with van der Waals surface area (Å²) in [4.78, 5) is 27.8.